The molecule has 1 N–H and O–H groups in total. The lowest BCUT2D eigenvalue weighted by Gasteiger charge is -2.48. The van der Waals surface area contributed by atoms with Gasteiger partial charge in [-0.3, -0.25) is 19.2 Å². The van der Waals surface area contributed by atoms with Crippen molar-refractivity contribution in [2.75, 3.05) is 6.61 Å². The standard InChI is InChI=1S/C32H34O6/c1-5-13-38-25-12-11-23(20-9-7-19(6-2)8-10-20)24-16-21-15-22-14-17(3)26(18(4)33)30(35)32(22,37)31(36)27(21)29(34)28(24)25/h7-12,21-22,27,37H,5-6,13-16H2,1-4H3/t21-,22-,27?,32-/m1/s1. The van der Waals surface area contributed by atoms with Crippen molar-refractivity contribution in [2.45, 2.75) is 65.4 Å². The summed E-state index contributed by atoms with van der Waals surface area (Å²) in [6.45, 7) is 7.48. The Hall–Kier alpha value is -3.38. The van der Waals surface area contributed by atoms with E-state index in [2.05, 4.69) is 31.2 Å². The van der Waals surface area contributed by atoms with Gasteiger partial charge in [-0.15, -0.1) is 0 Å². The van der Waals surface area contributed by atoms with Gasteiger partial charge in [-0.05, 0) is 80.2 Å². The Kier molecular flexibility index (Phi) is 6.72. The van der Waals surface area contributed by atoms with Crippen molar-refractivity contribution >= 4 is 23.1 Å². The number of hydrogen-bond donors (Lipinski definition) is 1. The van der Waals surface area contributed by atoms with E-state index < -0.39 is 40.6 Å². The van der Waals surface area contributed by atoms with E-state index >= 15 is 0 Å². The maximum atomic E-state index is 14.1. The van der Waals surface area contributed by atoms with E-state index in [9.17, 15) is 24.3 Å². The van der Waals surface area contributed by atoms with Gasteiger partial charge in [-0.25, -0.2) is 0 Å². The number of aryl methyl sites for hydroxylation is 1. The summed E-state index contributed by atoms with van der Waals surface area (Å²) in [7, 11) is 0. The molecule has 0 aliphatic heterocycles. The largest absolute Gasteiger partial charge is 0.493 e. The van der Waals surface area contributed by atoms with Crippen LogP contribution < -0.4 is 4.74 Å². The van der Waals surface area contributed by atoms with Crippen molar-refractivity contribution in [3.8, 4) is 16.9 Å². The highest BCUT2D eigenvalue weighted by molar-refractivity contribution is 6.32. The second-order valence-corrected chi connectivity index (χ2v) is 11.0. The van der Waals surface area contributed by atoms with Gasteiger partial charge in [-0.1, -0.05) is 49.8 Å². The number of Topliss-reactive ketones (excluding diaryl/α,β-unsaturated/α-hetero) is 4. The maximum Gasteiger partial charge on any atom is 0.205 e. The third-order valence-corrected chi connectivity index (χ3v) is 8.62. The van der Waals surface area contributed by atoms with Crippen LogP contribution in [0.3, 0.4) is 0 Å². The topological polar surface area (TPSA) is 97.7 Å². The minimum Gasteiger partial charge on any atom is -0.493 e. The molecule has 0 bridgehead atoms. The molecule has 2 aromatic rings. The first kappa shape index (κ1) is 26.2. The number of hydrogen-bond acceptors (Lipinski definition) is 6. The van der Waals surface area contributed by atoms with Crippen molar-refractivity contribution in [1.82, 2.24) is 0 Å². The second kappa shape index (κ2) is 9.73. The molecule has 6 heteroatoms. The van der Waals surface area contributed by atoms with Crippen molar-refractivity contribution < 1.29 is 29.0 Å². The van der Waals surface area contributed by atoms with Gasteiger partial charge < -0.3 is 9.84 Å². The van der Waals surface area contributed by atoms with Crippen molar-refractivity contribution in [3.63, 3.8) is 0 Å². The molecule has 0 spiro atoms. The lowest BCUT2D eigenvalue weighted by atomic mass is 9.54. The molecule has 5 rings (SSSR count). The Labute approximate surface area is 223 Å². The molecule has 0 aromatic heterocycles. The zero-order valence-corrected chi connectivity index (χ0v) is 22.4. The van der Waals surface area contributed by atoms with Crippen LogP contribution in [0.15, 0.2) is 47.5 Å². The SMILES string of the molecule is CCCOc1ccc(-c2ccc(CC)cc2)c2c1C(=O)C1C(=O)[C@]3(O)C(=O)C(C(C)=O)=C(C)C[C@@H]3C[C@@H]1C2. The predicted octanol–water partition coefficient (Wildman–Crippen LogP) is 4.87. The van der Waals surface area contributed by atoms with Gasteiger partial charge in [0, 0.05) is 5.92 Å². The number of allylic oxidation sites excluding steroid dienone is 1. The number of fused-ring (bicyclic) bond motifs is 3. The van der Waals surface area contributed by atoms with E-state index in [1.807, 2.05) is 13.0 Å². The van der Waals surface area contributed by atoms with E-state index in [0.29, 0.717) is 36.3 Å². The molecule has 1 saturated carbocycles. The molecule has 0 heterocycles. The van der Waals surface area contributed by atoms with E-state index in [1.165, 1.54) is 12.5 Å². The van der Waals surface area contributed by atoms with Gasteiger partial charge in [0.2, 0.25) is 5.78 Å². The molecule has 38 heavy (non-hydrogen) atoms. The van der Waals surface area contributed by atoms with Gasteiger partial charge in [0.15, 0.2) is 23.0 Å². The number of ether oxygens (including phenoxy) is 1. The molecule has 0 saturated heterocycles. The van der Waals surface area contributed by atoms with Crippen LogP contribution in [0.1, 0.15) is 68.4 Å². The van der Waals surface area contributed by atoms with Crippen LogP contribution in [0.5, 0.6) is 5.75 Å². The highest BCUT2D eigenvalue weighted by Gasteiger charge is 2.63. The van der Waals surface area contributed by atoms with Crippen molar-refractivity contribution in [2.24, 2.45) is 17.8 Å². The molecule has 2 aromatic carbocycles. The fourth-order valence-corrected chi connectivity index (χ4v) is 6.75. The molecule has 198 valence electrons. The molecule has 1 unspecified atom stereocenters. The van der Waals surface area contributed by atoms with E-state index in [0.717, 1.165) is 29.5 Å². The molecule has 1 fully saturated rings. The average molecular weight is 515 g/mol. The monoisotopic (exact) mass is 514 g/mol. The van der Waals surface area contributed by atoms with Crippen LogP contribution >= 0.6 is 0 Å². The van der Waals surface area contributed by atoms with E-state index in [4.69, 9.17) is 4.74 Å². The summed E-state index contributed by atoms with van der Waals surface area (Å²) in [6, 6.07) is 12.0. The van der Waals surface area contributed by atoms with Crippen LogP contribution in [-0.2, 0) is 27.2 Å². The fourth-order valence-electron chi connectivity index (χ4n) is 6.75. The van der Waals surface area contributed by atoms with E-state index in [1.54, 1.807) is 13.0 Å². The summed E-state index contributed by atoms with van der Waals surface area (Å²) in [4.78, 5) is 53.6. The maximum absolute atomic E-state index is 14.1. The third-order valence-electron chi connectivity index (χ3n) is 8.62. The minimum absolute atomic E-state index is 0.107. The minimum atomic E-state index is -2.35. The lowest BCUT2D eigenvalue weighted by molar-refractivity contribution is -0.165. The number of carbonyl (C=O) groups excluding carboxylic acids is 4. The molecule has 0 amide bonds. The average Bonchev–Trinajstić information content (AvgIpc) is 2.89. The number of aliphatic hydroxyl groups is 1. The van der Waals surface area contributed by atoms with Crippen molar-refractivity contribution in [3.05, 3.63) is 64.2 Å². The summed E-state index contributed by atoms with van der Waals surface area (Å²) in [5.41, 5.74) is 2.49. The summed E-state index contributed by atoms with van der Waals surface area (Å²) >= 11 is 0. The summed E-state index contributed by atoms with van der Waals surface area (Å²) in [5, 5.41) is 11.6. The quantitative estimate of drug-likeness (QED) is 0.436. The van der Waals surface area contributed by atoms with Crippen LogP contribution in [0.4, 0.5) is 0 Å². The predicted molar refractivity (Wildman–Crippen MR) is 143 cm³/mol. The second-order valence-electron chi connectivity index (χ2n) is 11.0. The van der Waals surface area contributed by atoms with Crippen molar-refractivity contribution in [1.29, 1.82) is 0 Å². The summed E-state index contributed by atoms with van der Waals surface area (Å²) in [5.74, 6) is -4.23. The lowest BCUT2D eigenvalue weighted by Crippen LogP contribution is -2.64. The molecule has 3 aliphatic rings. The van der Waals surface area contributed by atoms with Gasteiger partial charge in [-0.2, -0.15) is 0 Å². The Morgan fingerprint density at radius 3 is 2.39 bits per heavy atom. The first-order chi connectivity index (χ1) is 18.1. The summed E-state index contributed by atoms with van der Waals surface area (Å²) < 4.78 is 5.97. The Morgan fingerprint density at radius 2 is 1.76 bits per heavy atom. The molecule has 3 aliphatic carbocycles. The zero-order valence-electron chi connectivity index (χ0n) is 22.4. The molecule has 0 radical (unpaired) electrons. The number of rotatable bonds is 6. The first-order valence-corrected chi connectivity index (χ1v) is 13.6. The summed E-state index contributed by atoms with van der Waals surface area (Å²) in [6.07, 6.45) is 2.77. The van der Waals surface area contributed by atoms with Gasteiger partial charge in [0.1, 0.15) is 5.75 Å². The molecular weight excluding hydrogens is 480 g/mol. The van der Waals surface area contributed by atoms with Crippen LogP contribution in [0.2, 0.25) is 0 Å². The zero-order chi connectivity index (χ0) is 27.4. The number of ketones is 4. The third kappa shape index (κ3) is 3.89. The van der Waals surface area contributed by atoms with Crippen LogP contribution in [0, 0.1) is 17.8 Å². The Morgan fingerprint density at radius 1 is 1.05 bits per heavy atom. The molecular formula is C32H34O6. The molecule has 6 nitrogen and oxygen atoms in total. The van der Waals surface area contributed by atoms with Gasteiger partial charge in [0.25, 0.3) is 0 Å². The first-order valence-electron chi connectivity index (χ1n) is 13.6. The molecule has 4 atom stereocenters. The highest BCUT2D eigenvalue weighted by Crippen LogP contribution is 2.51. The Balaban J connectivity index is 1.63. The normalized spacial score (nSPS) is 26.6. The van der Waals surface area contributed by atoms with E-state index in [-0.39, 0.29) is 17.9 Å². The highest BCUT2D eigenvalue weighted by atomic mass is 16.5. The van der Waals surface area contributed by atoms with Gasteiger partial charge >= 0.3 is 0 Å². The fraction of sp³-hybridized carbons (Fsp3) is 0.438. The van der Waals surface area contributed by atoms with Crippen LogP contribution in [0.25, 0.3) is 11.1 Å². The number of benzene rings is 2. The number of carbonyl (C=O) groups is 4. The van der Waals surface area contributed by atoms with Gasteiger partial charge in [0.05, 0.1) is 23.7 Å². The Bertz CT molecular complexity index is 1380. The van der Waals surface area contributed by atoms with Crippen LogP contribution in [-0.4, -0.2) is 40.4 Å². The smallest absolute Gasteiger partial charge is 0.205 e.